The number of ether oxygens (including phenoxy) is 1. The summed E-state index contributed by atoms with van der Waals surface area (Å²) in [5.74, 6) is -0.552. The van der Waals surface area contributed by atoms with E-state index in [0.717, 1.165) is 35.1 Å². The van der Waals surface area contributed by atoms with E-state index in [9.17, 15) is 14.4 Å². The number of amides is 3. The number of benzene rings is 2. The third-order valence-corrected chi connectivity index (χ3v) is 5.85. The molecule has 0 radical (unpaired) electrons. The molecule has 2 N–H and O–H groups in total. The standard InChI is InChI=1S/C28H37N3O4/c1-18-12-15-23(19(2)16-18)24(25(32)29-17-21-10-8-7-9-11-21)31(22-13-14-22)26(33)20(3)30-27(34)35-28(4,5)6/h7-12,15-16,20,22,24H,13-14,17H2,1-6H3,(H,29,32)(H,30,34). The SMILES string of the molecule is Cc1ccc(C(C(=O)NCc2ccccc2)N(C(=O)C(C)NC(=O)OC(C)(C)C)C2CC2)c(C)c1. The van der Waals surface area contributed by atoms with Crippen LogP contribution in [0.25, 0.3) is 0 Å². The van der Waals surface area contributed by atoms with Crippen molar-refractivity contribution in [3.63, 3.8) is 0 Å². The minimum absolute atomic E-state index is 0.0569. The Kier molecular flexibility index (Phi) is 8.20. The molecule has 2 atom stereocenters. The molecule has 0 spiro atoms. The maximum absolute atomic E-state index is 13.7. The van der Waals surface area contributed by atoms with Gasteiger partial charge in [0.1, 0.15) is 17.7 Å². The van der Waals surface area contributed by atoms with Crippen molar-refractivity contribution >= 4 is 17.9 Å². The summed E-state index contributed by atoms with van der Waals surface area (Å²) in [4.78, 5) is 41.3. The van der Waals surface area contributed by atoms with E-state index in [1.807, 2.05) is 62.4 Å². The zero-order valence-corrected chi connectivity index (χ0v) is 21.6. The number of carbonyl (C=O) groups excluding carboxylic acids is 3. The number of nitrogens with zero attached hydrogens (tertiary/aromatic N) is 1. The number of carbonyl (C=O) groups is 3. The molecule has 7 heteroatoms. The number of hydrogen-bond donors (Lipinski definition) is 2. The van der Waals surface area contributed by atoms with Gasteiger partial charge >= 0.3 is 6.09 Å². The number of hydrogen-bond acceptors (Lipinski definition) is 4. The second-order valence-corrected chi connectivity index (χ2v) is 10.3. The van der Waals surface area contributed by atoms with Crippen LogP contribution < -0.4 is 10.6 Å². The lowest BCUT2D eigenvalue weighted by Crippen LogP contribution is -2.52. The quantitative estimate of drug-likeness (QED) is 0.581. The van der Waals surface area contributed by atoms with Gasteiger partial charge in [0.05, 0.1) is 0 Å². The molecule has 0 aliphatic heterocycles. The number of alkyl carbamates (subject to hydrolysis) is 1. The molecule has 0 heterocycles. The van der Waals surface area contributed by atoms with E-state index >= 15 is 0 Å². The Bertz CT molecular complexity index is 1060. The average Bonchev–Trinajstić information content (AvgIpc) is 3.60. The van der Waals surface area contributed by atoms with Crippen LogP contribution >= 0.6 is 0 Å². The maximum Gasteiger partial charge on any atom is 0.408 e. The van der Waals surface area contributed by atoms with Gasteiger partial charge in [-0.2, -0.15) is 0 Å². The van der Waals surface area contributed by atoms with E-state index in [0.29, 0.717) is 6.54 Å². The fourth-order valence-corrected chi connectivity index (χ4v) is 4.07. The summed E-state index contributed by atoms with van der Waals surface area (Å²) in [6.07, 6.45) is 0.974. The third-order valence-electron chi connectivity index (χ3n) is 5.85. The molecular weight excluding hydrogens is 442 g/mol. The van der Waals surface area contributed by atoms with E-state index < -0.39 is 23.8 Å². The highest BCUT2D eigenvalue weighted by molar-refractivity contribution is 5.92. The molecule has 3 amide bonds. The van der Waals surface area contributed by atoms with Gasteiger partial charge in [-0.3, -0.25) is 9.59 Å². The first-order valence-electron chi connectivity index (χ1n) is 12.2. The van der Waals surface area contributed by atoms with Gasteiger partial charge in [-0.25, -0.2) is 4.79 Å². The molecule has 35 heavy (non-hydrogen) atoms. The van der Waals surface area contributed by atoms with E-state index in [2.05, 4.69) is 10.6 Å². The molecular formula is C28H37N3O4. The second-order valence-electron chi connectivity index (χ2n) is 10.3. The van der Waals surface area contributed by atoms with Crippen molar-refractivity contribution in [1.82, 2.24) is 15.5 Å². The largest absolute Gasteiger partial charge is 0.444 e. The van der Waals surface area contributed by atoms with Crippen LogP contribution in [0.4, 0.5) is 4.79 Å². The lowest BCUT2D eigenvalue weighted by atomic mass is 9.96. The highest BCUT2D eigenvalue weighted by Gasteiger charge is 2.43. The van der Waals surface area contributed by atoms with Crippen LogP contribution in [-0.2, 0) is 20.9 Å². The molecule has 1 fully saturated rings. The van der Waals surface area contributed by atoms with Crippen molar-refractivity contribution in [3.05, 3.63) is 70.8 Å². The second kappa shape index (κ2) is 10.9. The Balaban J connectivity index is 1.88. The minimum Gasteiger partial charge on any atom is -0.444 e. The highest BCUT2D eigenvalue weighted by atomic mass is 16.6. The molecule has 0 aromatic heterocycles. The summed E-state index contributed by atoms with van der Waals surface area (Å²) in [7, 11) is 0. The molecule has 1 aliphatic rings. The Labute approximate surface area is 208 Å². The van der Waals surface area contributed by atoms with Crippen molar-refractivity contribution in [1.29, 1.82) is 0 Å². The molecule has 3 rings (SSSR count). The van der Waals surface area contributed by atoms with Crippen molar-refractivity contribution in [3.8, 4) is 0 Å². The summed E-state index contributed by atoms with van der Waals surface area (Å²) in [6.45, 7) is 11.2. The van der Waals surface area contributed by atoms with Crippen molar-refractivity contribution in [2.45, 2.75) is 84.7 Å². The average molecular weight is 480 g/mol. The summed E-state index contributed by atoms with van der Waals surface area (Å²) in [6, 6.07) is 13.9. The predicted molar refractivity (Wildman–Crippen MR) is 136 cm³/mol. The lowest BCUT2D eigenvalue weighted by Gasteiger charge is -2.34. The van der Waals surface area contributed by atoms with Gasteiger partial charge in [-0.1, -0.05) is 54.1 Å². The zero-order chi connectivity index (χ0) is 25.8. The van der Waals surface area contributed by atoms with Crippen molar-refractivity contribution in [2.75, 3.05) is 0 Å². The van der Waals surface area contributed by atoms with Crippen LogP contribution in [0.5, 0.6) is 0 Å². The summed E-state index contributed by atoms with van der Waals surface area (Å²) >= 11 is 0. The number of nitrogens with one attached hydrogen (secondary N) is 2. The molecule has 2 aromatic rings. The molecule has 2 aromatic carbocycles. The van der Waals surface area contributed by atoms with Gasteiger partial charge in [0.2, 0.25) is 11.8 Å². The van der Waals surface area contributed by atoms with E-state index in [1.54, 1.807) is 32.6 Å². The fourth-order valence-electron chi connectivity index (χ4n) is 4.07. The first-order chi connectivity index (χ1) is 16.5. The van der Waals surface area contributed by atoms with Crippen LogP contribution in [0.1, 0.15) is 68.8 Å². The van der Waals surface area contributed by atoms with Gasteiger partial charge in [0, 0.05) is 12.6 Å². The van der Waals surface area contributed by atoms with Crippen molar-refractivity contribution < 1.29 is 19.1 Å². The van der Waals surface area contributed by atoms with Crippen molar-refractivity contribution in [2.24, 2.45) is 0 Å². The van der Waals surface area contributed by atoms with Crippen LogP contribution in [0.3, 0.4) is 0 Å². The van der Waals surface area contributed by atoms with E-state index in [4.69, 9.17) is 4.74 Å². The van der Waals surface area contributed by atoms with Crippen LogP contribution in [-0.4, -0.2) is 40.5 Å². The highest BCUT2D eigenvalue weighted by Crippen LogP contribution is 2.36. The van der Waals surface area contributed by atoms with Crippen LogP contribution in [0.15, 0.2) is 48.5 Å². The first-order valence-corrected chi connectivity index (χ1v) is 12.2. The molecule has 0 saturated heterocycles. The van der Waals surface area contributed by atoms with Gasteiger partial charge in [0.25, 0.3) is 0 Å². The van der Waals surface area contributed by atoms with Crippen LogP contribution in [0, 0.1) is 13.8 Å². The Morgan fingerprint density at radius 2 is 1.71 bits per heavy atom. The molecule has 7 nitrogen and oxygen atoms in total. The third kappa shape index (κ3) is 7.31. The Morgan fingerprint density at radius 3 is 2.29 bits per heavy atom. The van der Waals surface area contributed by atoms with Gasteiger partial charge < -0.3 is 20.3 Å². The van der Waals surface area contributed by atoms with Gasteiger partial charge in [-0.15, -0.1) is 0 Å². The predicted octanol–water partition coefficient (Wildman–Crippen LogP) is 4.57. The zero-order valence-electron chi connectivity index (χ0n) is 21.6. The number of rotatable bonds is 8. The summed E-state index contributed by atoms with van der Waals surface area (Å²) in [5, 5.41) is 5.67. The molecule has 2 unspecified atom stereocenters. The smallest absolute Gasteiger partial charge is 0.408 e. The Morgan fingerprint density at radius 1 is 1.06 bits per heavy atom. The fraction of sp³-hybridized carbons (Fsp3) is 0.464. The van der Waals surface area contributed by atoms with Gasteiger partial charge in [-0.05, 0) is 71.1 Å². The lowest BCUT2D eigenvalue weighted by molar-refractivity contribution is -0.143. The monoisotopic (exact) mass is 479 g/mol. The van der Waals surface area contributed by atoms with Gasteiger partial charge in [0.15, 0.2) is 0 Å². The molecule has 0 bridgehead atoms. The minimum atomic E-state index is -0.847. The summed E-state index contributed by atoms with van der Waals surface area (Å²) in [5.41, 5.74) is 3.10. The van der Waals surface area contributed by atoms with E-state index in [-0.39, 0.29) is 17.9 Å². The molecule has 188 valence electrons. The topological polar surface area (TPSA) is 87.7 Å². The molecule has 1 aliphatic carbocycles. The first kappa shape index (κ1) is 26.3. The van der Waals surface area contributed by atoms with E-state index in [1.165, 1.54) is 0 Å². The maximum atomic E-state index is 13.7. The van der Waals surface area contributed by atoms with Crippen LogP contribution in [0.2, 0.25) is 0 Å². The normalized spacial score (nSPS) is 15.0. The number of aryl methyl sites for hydroxylation is 2. The Hall–Kier alpha value is -3.35. The molecule has 1 saturated carbocycles. The summed E-state index contributed by atoms with van der Waals surface area (Å²) < 4.78 is 5.33.